The number of aliphatic hydroxyl groups excluding tert-OH is 2. The van der Waals surface area contributed by atoms with Crippen LogP contribution in [0.15, 0.2) is 0 Å². The Balaban J connectivity index is 2.89. The minimum atomic E-state index is -0.501. The van der Waals surface area contributed by atoms with E-state index in [1.54, 1.807) is 0 Å². The molecule has 0 bridgehead atoms. The van der Waals surface area contributed by atoms with Gasteiger partial charge in [0.2, 0.25) is 0 Å². The minimum Gasteiger partial charge on any atom is -0.394 e. The number of unbranched alkanes of at least 4 members (excludes halogenated alkanes) is 3. The first-order chi connectivity index (χ1) is 5.31. The molecule has 1 atom stereocenters. The van der Waals surface area contributed by atoms with E-state index >= 15 is 0 Å². The molecule has 0 amide bonds. The number of alkyl halides is 1. The predicted molar refractivity (Wildman–Crippen MR) is 50.0 cm³/mol. The molecule has 0 aliphatic carbocycles. The van der Waals surface area contributed by atoms with Crippen LogP contribution >= 0.6 is 15.9 Å². The maximum absolute atomic E-state index is 8.96. The fraction of sp³-hybridized carbons (Fsp3) is 1.00. The number of rotatable bonds is 7. The van der Waals surface area contributed by atoms with Gasteiger partial charge in [0.1, 0.15) is 0 Å². The predicted octanol–water partition coefficient (Wildman–Crippen LogP) is 1.69. The van der Waals surface area contributed by atoms with Crippen LogP contribution in [0.1, 0.15) is 32.1 Å². The molecule has 0 saturated carbocycles. The SMILES string of the molecule is OCC(O)CCCCCCBr. The highest BCUT2D eigenvalue weighted by atomic mass is 79.9. The van der Waals surface area contributed by atoms with E-state index in [0.29, 0.717) is 0 Å². The third-order valence-electron chi connectivity index (χ3n) is 1.63. The lowest BCUT2D eigenvalue weighted by atomic mass is 10.1. The Bertz CT molecular complexity index is 78.5. The zero-order chi connectivity index (χ0) is 8.53. The second kappa shape index (κ2) is 8.50. The third kappa shape index (κ3) is 8.30. The van der Waals surface area contributed by atoms with Crippen LogP contribution in [0.25, 0.3) is 0 Å². The Morgan fingerprint density at radius 2 is 1.73 bits per heavy atom. The fourth-order valence-electron chi connectivity index (χ4n) is 0.919. The van der Waals surface area contributed by atoms with E-state index in [1.807, 2.05) is 0 Å². The molecule has 1 unspecified atom stereocenters. The molecule has 0 radical (unpaired) electrons. The first-order valence-electron chi connectivity index (χ1n) is 4.16. The number of aliphatic hydroxyl groups is 2. The van der Waals surface area contributed by atoms with Crippen LogP contribution in [-0.2, 0) is 0 Å². The minimum absolute atomic E-state index is 0.0988. The summed E-state index contributed by atoms with van der Waals surface area (Å²) < 4.78 is 0. The largest absolute Gasteiger partial charge is 0.394 e. The van der Waals surface area contributed by atoms with Gasteiger partial charge >= 0.3 is 0 Å². The Morgan fingerprint density at radius 3 is 2.27 bits per heavy atom. The summed E-state index contributed by atoms with van der Waals surface area (Å²) in [7, 11) is 0. The van der Waals surface area contributed by atoms with E-state index in [0.717, 1.165) is 24.6 Å². The van der Waals surface area contributed by atoms with Gasteiger partial charge in [0, 0.05) is 5.33 Å². The van der Waals surface area contributed by atoms with E-state index in [2.05, 4.69) is 15.9 Å². The molecule has 0 aromatic rings. The van der Waals surface area contributed by atoms with Crippen molar-refractivity contribution in [1.82, 2.24) is 0 Å². The topological polar surface area (TPSA) is 40.5 Å². The Morgan fingerprint density at radius 1 is 1.09 bits per heavy atom. The molecular weight excluding hydrogens is 208 g/mol. The van der Waals surface area contributed by atoms with Crippen molar-refractivity contribution in [2.24, 2.45) is 0 Å². The highest BCUT2D eigenvalue weighted by Gasteiger charge is 1.99. The van der Waals surface area contributed by atoms with Gasteiger partial charge in [0.25, 0.3) is 0 Å². The number of hydrogen-bond donors (Lipinski definition) is 2. The van der Waals surface area contributed by atoms with Crippen LogP contribution in [0.2, 0.25) is 0 Å². The lowest BCUT2D eigenvalue weighted by Crippen LogP contribution is -2.10. The van der Waals surface area contributed by atoms with Crippen molar-refractivity contribution in [3.05, 3.63) is 0 Å². The van der Waals surface area contributed by atoms with E-state index in [9.17, 15) is 0 Å². The summed E-state index contributed by atoms with van der Waals surface area (Å²) in [4.78, 5) is 0. The summed E-state index contributed by atoms with van der Waals surface area (Å²) in [6, 6.07) is 0. The molecule has 0 spiro atoms. The third-order valence-corrected chi connectivity index (χ3v) is 2.19. The average Bonchev–Trinajstić information content (AvgIpc) is 2.04. The average molecular weight is 225 g/mol. The molecule has 0 aliphatic rings. The highest BCUT2D eigenvalue weighted by Crippen LogP contribution is 2.06. The van der Waals surface area contributed by atoms with E-state index in [-0.39, 0.29) is 6.61 Å². The van der Waals surface area contributed by atoms with Crippen LogP contribution in [-0.4, -0.2) is 28.3 Å². The molecule has 0 aromatic carbocycles. The second-order valence-corrected chi connectivity index (χ2v) is 3.52. The second-order valence-electron chi connectivity index (χ2n) is 2.73. The molecule has 0 rings (SSSR count). The molecule has 68 valence electrons. The van der Waals surface area contributed by atoms with Crippen molar-refractivity contribution < 1.29 is 10.2 Å². The molecule has 0 fully saturated rings. The van der Waals surface area contributed by atoms with Crippen LogP contribution in [0.4, 0.5) is 0 Å². The summed E-state index contributed by atoms with van der Waals surface area (Å²) >= 11 is 3.35. The van der Waals surface area contributed by atoms with Crippen molar-refractivity contribution in [2.75, 3.05) is 11.9 Å². The molecule has 0 heterocycles. The van der Waals surface area contributed by atoms with Crippen LogP contribution in [0.3, 0.4) is 0 Å². The van der Waals surface area contributed by atoms with Gasteiger partial charge in [0.15, 0.2) is 0 Å². The summed E-state index contributed by atoms with van der Waals surface area (Å²) in [6.07, 6.45) is 4.83. The van der Waals surface area contributed by atoms with Gasteiger partial charge in [-0.2, -0.15) is 0 Å². The monoisotopic (exact) mass is 224 g/mol. The highest BCUT2D eigenvalue weighted by molar-refractivity contribution is 9.09. The van der Waals surface area contributed by atoms with Crippen LogP contribution in [0.5, 0.6) is 0 Å². The molecular formula is C8H17BrO2. The first-order valence-corrected chi connectivity index (χ1v) is 5.28. The van der Waals surface area contributed by atoms with Gasteiger partial charge in [-0.15, -0.1) is 0 Å². The zero-order valence-corrected chi connectivity index (χ0v) is 8.39. The van der Waals surface area contributed by atoms with Gasteiger partial charge in [-0.3, -0.25) is 0 Å². The Labute approximate surface area is 76.7 Å². The smallest absolute Gasteiger partial charge is 0.0770 e. The van der Waals surface area contributed by atoms with Gasteiger partial charge < -0.3 is 10.2 Å². The summed E-state index contributed by atoms with van der Waals surface area (Å²) in [5.74, 6) is 0. The standard InChI is InChI=1S/C8H17BrO2/c9-6-4-2-1-3-5-8(11)7-10/h8,10-11H,1-7H2. The van der Waals surface area contributed by atoms with Crippen molar-refractivity contribution in [2.45, 2.75) is 38.2 Å². The Kier molecular flexibility index (Phi) is 8.81. The van der Waals surface area contributed by atoms with Crippen molar-refractivity contribution in [3.63, 3.8) is 0 Å². The van der Waals surface area contributed by atoms with Crippen molar-refractivity contribution in [1.29, 1.82) is 0 Å². The zero-order valence-electron chi connectivity index (χ0n) is 6.80. The van der Waals surface area contributed by atoms with Crippen LogP contribution in [0, 0.1) is 0 Å². The molecule has 0 aromatic heterocycles. The lowest BCUT2D eigenvalue weighted by molar-refractivity contribution is 0.0860. The molecule has 11 heavy (non-hydrogen) atoms. The summed E-state index contributed by atoms with van der Waals surface area (Å²) in [5, 5.41) is 18.5. The van der Waals surface area contributed by atoms with E-state index in [4.69, 9.17) is 10.2 Å². The summed E-state index contributed by atoms with van der Waals surface area (Å²) in [5.41, 5.74) is 0. The van der Waals surface area contributed by atoms with E-state index < -0.39 is 6.10 Å². The van der Waals surface area contributed by atoms with Crippen molar-refractivity contribution in [3.8, 4) is 0 Å². The van der Waals surface area contributed by atoms with Gasteiger partial charge in [-0.05, 0) is 12.8 Å². The first kappa shape index (κ1) is 11.4. The molecule has 3 heteroatoms. The van der Waals surface area contributed by atoms with Gasteiger partial charge in [-0.25, -0.2) is 0 Å². The fourth-order valence-corrected chi connectivity index (χ4v) is 1.32. The Hall–Kier alpha value is 0.400. The van der Waals surface area contributed by atoms with Gasteiger partial charge in [0.05, 0.1) is 12.7 Å². The lowest BCUT2D eigenvalue weighted by Gasteiger charge is -2.05. The van der Waals surface area contributed by atoms with Gasteiger partial charge in [-0.1, -0.05) is 35.2 Å². The van der Waals surface area contributed by atoms with Crippen LogP contribution < -0.4 is 0 Å². The summed E-state index contributed by atoms with van der Waals surface area (Å²) in [6.45, 7) is -0.0988. The molecule has 0 saturated heterocycles. The normalized spacial score (nSPS) is 13.4. The molecule has 0 aliphatic heterocycles. The number of hydrogen-bond acceptors (Lipinski definition) is 2. The maximum atomic E-state index is 8.96. The molecule has 2 nitrogen and oxygen atoms in total. The van der Waals surface area contributed by atoms with E-state index in [1.165, 1.54) is 12.8 Å². The quantitative estimate of drug-likeness (QED) is 0.511. The van der Waals surface area contributed by atoms with Crippen molar-refractivity contribution >= 4 is 15.9 Å². The number of halogens is 1. The molecule has 2 N–H and O–H groups in total. The maximum Gasteiger partial charge on any atom is 0.0770 e.